The lowest BCUT2D eigenvalue weighted by Crippen LogP contribution is -2.14. The first-order valence-electron chi connectivity index (χ1n) is 10.8. The maximum atomic E-state index is 9.26. The van der Waals surface area contributed by atoms with Gasteiger partial charge in [0, 0.05) is 36.4 Å². The molecule has 0 bridgehead atoms. The zero-order valence-corrected chi connectivity index (χ0v) is 17.3. The fraction of sp³-hybridized carbons (Fsp3) is 0.364. The summed E-state index contributed by atoms with van der Waals surface area (Å²) >= 11 is 0. The maximum absolute atomic E-state index is 9.26. The molecule has 0 spiro atoms. The summed E-state index contributed by atoms with van der Waals surface area (Å²) in [4.78, 5) is 18.1. The van der Waals surface area contributed by atoms with Gasteiger partial charge in [0.2, 0.25) is 5.95 Å². The van der Waals surface area contributed by atoms with Crippen LogP contribution in [0.5, 0.6) is 0 Å². The molecule has 3 N–H and O–H groups in total. The zero-order chi connectivity index (χ0) is 21.0. The number of nitrogens with one attached hydrogen (secondary N) is 2. The summed E-state index contributed by atoms with van der Waals surface area (Å²) in [5.74, 6) is 1.13. The normalized spacial score (nSPS) is 14.7. The van der Waals surface area contributed by atoms with Gasteiger partial charge in [0.1, 0.15) is 0 Å². The van der Waals surface area contributed by atoms with Crippen molar-refractivity contribution in [3.05, 3.63) is 49.3 Å². The Morgan fingerprint density at radius 3 is 2.61 bits per heavy atom. The van der Waals surface area contributed by atoms with E-state index in [0.717, 1.165) is 35.4 Å². The van der Waals surface area contributed by atoms with Crippen molar-refractivity contribution in [1.82, 2.24) is 29.1 Å². The lowest BCUT2D eigenvalue weighted by molar-refractivity contribution is 0.311. The Balaban J connectivity index is 1.47. The number of aromatic nitrogens is 6. The van der Waals surface area contributed by atoms with Crippen molar-refractivity contribution in [2.45, 2.75) is 38.1 Å². The molecular weight excluding hydrogens is 392 g/mol. The molecule has 3 heterocycles. The molecule has 1 aromatic carbocycles. The average molecular weight is 419 g/mol. The highest BCUT2D eigenvalue weighted by atomic mass is 16.3. The topological polar surface area (TPSA) is 106 Å². The summed E-state index contributed by atoms with van der Waals surface area (Å²) in [5.41, 5.74) is 3.47. The van der Waals surface area contributed by atoms with Gasteiger partial charge >= 0.3 is 0 Å². The molecule has 5 rings (SSSR count). The maximum Gasteiger partial charge on any atom is 0.231 e. The number of benzene rings is 1. The van der Waals surface area contributed by atoms with Gasteiger partial charge in [-0.1, -0.05) is 19.3 Å². The number of hydrogen-bond donors (Lipinski definition) is 3. The smallest absolute Gasteiger partial charge is 0.231 e. The van der Waals surface area contributed by atoms with E-state index in [0.29, 0.717) is 24.4 Å². The van der Waals surface area contributed by atoms with E-state index in [4.69, 9.17) is 4.98 Å². The van der Waals surface area contributed by atoms with E-state index < -0.39 is 0 Å². The molecule has 0 saturated heterocycles. The highest BCUT2D eigenvalue weighted by Crippen LogP contribution is 2.32. The van der Waals surface area contributed by atoms with Crippen molar-refractivity contribution < 1.29 is 5.11 Å². The third-order valence-electron chi connectivity index (χ3n) is 5.72. The summed E-state index contributed by atoms with van der Waals surface area (Å²) in [7, 11) is 0. The minimum atomic E-state index is 0.0211. The molecule has 3 aromatic heterocycles. The molecule has 9 nitrogen and oxygen atoms in total. The van der Waals surface area contributed by atoms with Crippen molar-refractivity contribution in [2.24, 2.45) is 0 Å². The summed E-state index contributed by atoms with van der Waals surface area (Å²) < 4.78 is 4.14. The predicted molar refractivity (Wildman–Crippen MR) is 120 cm³/mol. The van der Waals surface area contributed by atoms with Gasteiger partial charge in [0.25, 0.3) is 0 Å². The van der Waals surface area contributed by atoms with E-state index in [2.05, 4.69) is 30.2 Å². The molecule has 0 unspecified atom stereocenters. The number of aliphatic hydroxyl groups excluding tert-OH is 1. The molecule has 1 saturated carbocycles. The molecule has 1 aliphatic rings. The monoisotopic (exact) mass is 418 g/mol. The van der Waals surface area contributed by atoms with Gasteiger partial charge in [-0.2, -0.15) is 9.97 Å². The van der Waals surface area contributed by atoms with E-state index in [1.54, 1.807) is 12.5 Å². The minimum Gasteiger partial charge on any atom is -0.395 e. The molecule has 1 fully saturated rings. The first-order valence-corrected chi connectivity index (χ1v) is 10.8. The lowest BCUT2D eigenvalue weighted by Gasteiger charge is -2.23. The standard InChI is InChI=1S/C22H26N8O/c31-13-11-24-20-19-21(30(15-25-19)18-4-2-1-3-5-18)28-22(27-20)26-16-6-8-17(9-7-16)29-12-10-23-14-29/h6-10,12,14-15,18,31H,1-5,11,13H2,(H2,24,26,27,28). The fourth-order valence-electron chi connectivity index (χ4n) is 4.15. The number of anilines is 3. The number of nitrogens with zero attached hydrogens (tertiary/aromatic N) is 6. The lowest BCUT2D eigenvalue weighted by atomic mass is 9.95. The van der Waals surface area contributed by atoms with Crippen LogP contribution < -0.4 is 10.6 Å². The van der Waals surface area contributed by atoms with Crippen LogP contribution in [0.15, 0.2) is 49.3 Å². The molecule has 0 atom stereocenters. The molecule has 1 aliphatic carbocycles. The SMILES string of the molecule is OCCNc1nc(Nc2ccc(-n3ccnc3)cc2)nc2c1ncn2C1CCCCC1. The third-order valence-corrected chi connectivity index (χ3v) is 5.72. The largest absolute Gasteiger partial charge is 0.395 e. The molecule has 0 radical (unpaired) electrons. The van der Waals surface area contributed by atoms with E-state index in [-0.39, 0.29) is 6.61 Å². The van der Waals surface area contributed by atoms with Gasteiger partial charge < -0.3 is 24.9 Å². The summed E-state index contributed by atoms with van der Waals surface area (Å²) in [6.45, 7) is 0.425. The highest BCUT2D eigenvalue weighted by Gasteiger charge is 2.20. The predicted octanol–water partition coefficient (Wildman–Crippen LogP) is 3.67. The fourth-order valence-corrected chi connectivity index (χ4v) is 4.15. The van der Waals surface area contributed by atoms with Crippen molar-refractivity contribution in [1.29, 1.82) is 0 Å². The summed E-state index contributed by atoms with van der Waals surface area (Å²) in [5, 5.41) is 15.8. The van der Waals surface area contributed by atoms with Crippen LogP contribution in [-0.4, -0.2) is 47.3 Å². The number of aliphatic hydroxyl groups is 1. The second-order valence-electron chi connectivity index (χ2n) is 7.80. The summed E-state index contributed by atoms with van der Waals surface area (Å²) in [6, 6.07) is 8.42. The van der Waals surface area contributed by atoms with Gasteiger partial charge in [0.15, 0.2) is 17.0 Å². The molecule has 31 heavy (non-hydrogen) atoms. The van der Waals surface area contributed by atoms with E-state index in [9.17, 15) is 5.11 Å². The van der Waals surface area contributed by atoms with Gasteiger partial charge in [-0.15, -0.1) is 0 Å². The Hall–Kier alpha value is -3.46. The van der Waals surface area contributed by atoms with Crippen molar-refractivity contribution in [3.8, 4) is 5.69 Å². The molecule has 9 heteroatoms. The number of fused-ring (bicyclic) bond motifs is 1. The van der Waals surface area contributed by atoms with Crippen LogP contribution in [0, 0.1) is 0 Å². The van der Waals surface area contributed by atoms with Crippen molar-refractivity contribution in [3.63, 3.8) is 0 Å². The van der Waals surface area contributed by atoms with E-state index in [1.165, 1.54) is 19.3 Å². The third kappa shape index (κ3) is 4.09. The van der Waals surface area contributed by atoms with Gasteiger partial charge in [-0.05, 0) is 37.1 Å². The van der Waals surface area contributed by atoms with Crippen LogP contribution in [0.25, 0.3) is 16.9 Å². The van der Waals surface area contributed by atoms with Crippen molar-refractivity contribution in [2.75, 3.05) is 23.8 Å². The van der Waals surface area contributed by atoms with Gasteiger partial charge in [-0.3, -0.25) is 0 Å². The van der Waals surface area contributed by atoms with Crippen LogP contribution in [-0.2, 0) is 0 Å². The Bertz CT molecular complexity index is 1130. The quantitative estimate of drug-likeness (QED) is 0.420. The van der Waals surface area contributed by atoms with E-state index >= 15 is 0 Å². The number of rotatable bonds is 7. The Morgan fingerprint density at radius 1 is 1.03 bits per heavy atom. The Kier molecular flexibility index (Phi) is 5.49. The Labute approximate surface area is 180 Å². The van der Waals surface area contributed by atoms with Crippen molar-refractivity contribution >= 4 is 28.6 Å². The molecule has 160 valence electrons. The van der Waals surface area contributed by atoms with Crippen LogP contribution >= 0.6 is 0 Å². The summed E-state index contributed by atoms with van der Waals surface area (Å²) in [6.07, 6.45) is 13.4. The Morgan fingerprint density at radius 2 is 1.87 bits per heavy atom. The second-order valence-corrected chi connectivity index (χ2v) is 7.80. The van der Waals surface area contributed by atoms with Crippen LogP contribution in [0.3, 0.4) is 0 Å². The van der Waals surface area contributed by atoms with Crippen LogP contribution in [0.2, 0.25) is 0 Å². The van der Waals surface area contributed by atoms with E-state index in [1.807, 2.05) is 41.4 Å². The van der Waals surface area contributed by atoms with Crippen LogP contribution in [0.1, 0.15) is 38.1 Å². The first kappa shape index (κ1) is 19.5. The molecule has 4 aromatic rings. The van der Waals surface area contributed by atoms with Gasteiger partial charge in [-0.25, -0.2) is 9.97 Å². The molecular formula is C22H26N8O. The van der Waals surface area contributed by atoms with Gasteiger partial charge in [0.05, 0.1) is 19.3 Å². The minimum absolute atomic E-state index is 0.0211. The first-order chi connectivity index (χ1) is 15.3. The highest BCUT2D eigenvalue weighted by molar-refractivity contribution is 5.84. The zero-order valence-electron chi connectivity index (χ0n) is 17.3. The second kappa shape index (κ2) is 8.73. The van der Waals surface area contributed by atoms with Crippen LogP contribution in [0.4, 0.5) is 17.5 Å². The molecule has 0 aliphatic heterocycles. The average Bonchev–Trinajstić information content (AvgIpc) is 3.49. The number of imidazole rings is 2. The number of hydrogen-bond acceptors (Lipinski definition) is 7. The molecule has 0 amide bonds.